The predicted octanol–water partition coefficient (Wildman–Crippen LogP) is 2.50. The lowest BCUT2D eigenvalue weighted by molar-refractivity contribution is -0.384. The van der Waals surface area contributed by atoms with Crippen molar-refractivity contribution in [2.75, 3.05) is 19.0 Å². The molecule has 0 bridgehead atoms. The van der Waals surface area contributed by atoms with Gasteiger partial charge in [-0.1, -0.05) is 25.8 Å². The molecule has 0 unspecified atom stereocenters. The van der Waals surface area contributed by atoms with E-state index in [-0.39, 0.29) is 5.69 Å². The minimum absolute atomic E-state index is 0.000106. The number of nitro groups is 1. The molecule has 0 aliphatic rings. The molecule has 6 heteroatoms. The molecule has 0 saturated carbocycles. The van der Waals surface area contributed by atoms with E-state index in [4.69, 9.17) is 5.84 Å². The molecule has 0 aliphatic carbocycles. The highest BCUT2D eigenvalue weighted by Crippen LogP contribution is 2.24. The molecule has 1 aromatic carbocycles. The van der Waals surface area contributed by atoms with Crippen LogP contribution in [0.2, 0.25) is 0 Å². The fraction of sp³-hybridized carbons (Fsp3) is 0.538. The molecule has 0 atom stereocenters. The summed E-state index contributed by atoms with van der Waals surface area (Å²) in [4.78, 5) is 12.6. The third-order valence-corrected chi connectivity index (χ3v) is 3.01. The molecule has 0 amide bonds. The van der Waals surface area contributed by atoms with Gasteiger partial charge in [-0.2, -0.15) is 0 Å². The van der Waals surface area contributed by atoms with Crippen LogP contribution in [0.15, 0.2) is 18.2 Å². The summed E-state index contributed by atoms with van der Waals surface area (Å²) >= 11 is 0. The van der Waals surface area contributed by atoms with Gasteiger partial charge in [0.15, 0.2) is 0 Å². The summed E-state index contributed by atoms with van der Waals surface area (Å²) in [6, 6.07) is 4.99. The molecular formula is C13H22N4O2. The van der Waals surface area contributed by atoms with Crippen LogP contribution < -0.4 is 11.3 Å². The van der Waals surface area contributed by atoms with Crippen LogP contribution in [0.5, 0.6) is 0 Å². The Morgan fingerprint density at radius 3 is 2.74 bits per heavy atom. The van der Waals surface area contributed by atoms with Crippen molar-refractivity contribution in [3.63, 3.8) is 0 Å². The molecule has 3 N–H and O–H groups in total. The monoisotopic (exact) mass is 266 g/mol. The second kappa shape index (κ2) is 7.70. The highest BCUT2D eigenvalue weighted by atomic mass is 16.6. The van der Waals surface area contributed by atoms with Gasteiger partial charge in [-0.3, -0.25) is 16.0 Å². The molecule has 1 rings (SSSR count). The van der Waals surface area contributed by atoms with Crippen LogP contribution in [-0.2, 0) is 6.54 Å². The standard InChI is InChI=1S/C13H22N4O2/c1-3-4-5-8-16(2)10-11-6-7-13(17(18)19)12(9-11)15-14/h6-7,9,15H,3-5,8,10,14H2,1-2H3. The largest absolute Gasteiger partial charge is 0.318 e. The number of rotatable bonds is 8. The zero-order valence-corrected chi connectivity index (χ0v) is 11.6. The normalized spacial score (nSPS) is 10.7. The van der Waals surface area contributed by atoms with E-state index in [1.54, 1.807) is 12.1 Å². The Bertz CT molecular complexity index is 423. The number of nitrogens with one attached hydrogen (secondary N) is 1. The smallest absolute Gasteiger partial charge is 0.293 e. The van der Waals surface area contributed by atoms with E-state index in [1.807, 2.05) is 7.05 Å². The van der Waals surface area contributed by atoms with Gasteiger partial charge in [-0.15, -0.1) is 0 Å². The van der Waals surface area contributed by atoms with Crippen LogP contribution in [-0.4, -0.2) is 23.4 Å². The van der Waals surface area contributed by atoms with Crippen molar-refractivity contribution in [2.45, 2.75) is 32.7 Å². The molecule has 106 valence electrons. The molecule has 0 aliphatic heterocycles. The Hall–Kier alpha value is -1.66. The fourth-order valence-corrected chi connectivity index (χ4v) is 1.98. The summed E-state index contributed by atoms with van der Waals surface area (Å²) in [5.74, 6) is 5.32. The summed E-state index contributed by atoms with van der Waals surface area (Å²) in [7, 11) is 2.05. The van der Waals surface area contributed by atoms with E-state index in [0.29, 0.717) is 5.69 Å². The summed E-state index contributed by atoms with van der Waals surface area (Å²) in [5.41, 5.74) is 3.75. The van der Waals surface area contributed by atoms with Gasteiger partial charge < -0.3 is 10.3 Å². The van der Waals surface area contributed by atoms with Gasteiger partial charge in [0.1, 0.15) is 5.69 Å². The van der Waals surface area contributed by atoms with E-state index in [1.165, 1.54) is 25.3 Å². The molecule has 0 saturated heterocycles. The van der Waals surface area contributed by atoms with Crippen LogP contribution >= 0.6 is 0 Å². The highest BCUT2D eigenvalue weighted by Gasteiger charge is 2.13. The Morgan fingerprint density at radius 2 is 2.16 bits per heavy atom. The number of benzene rings is 1. The van der Waals surface area contributed by atoms with E-state index in [2.05, 4.69) is 17.2 Å². The van der Waals surface area contributed by atoms with Gasteiger partial charge in [0.25, 0.3) is 5.69 Å². The second-order valence-corrected chi connectivity index (χ2v) is 4.70. The number of unbranched alkanes of at least 4 members (excludes halogenated alkanes) is 2. The summed E-state index contributed by atoms with van der Waals surface area (Å²) in [5, 5.41) is 10.8. The molecule has 1 aromatic rings. The molecular weight excluding hydrogens is 244 g/mol. The molecule has 0 aromatic heterocycles. The Morgan fingerprint density at radius 1 is 1.42 bits per heavy atom. The van der Waals surface area contributed by atoms with Gasteiger partial charge in [0.2, 0.25) is 0 Å². The first-order chi connectivity index (χ1) is 9.08. The number of nitro benzene ring substituents is 1. The van der Waals surface area contributed by atoms with Gasteiger partial charge in [-0.25, -0.2) is 0 Å². The van der Waals surface area contributed by atoms with Crippen molar-refractivity contribution in [2.24, 2.45) is 5.84 Å². The number of hydrogen-bond donors (Lipinski definition) is 2. The van der Waals surface area contributed by atoms with E-state index >= 15 is 0 Å². The molecule has 6 nitrogen and oxygen atoms in total. The minimum Gasteiger partial charge on any atom is -0.318 e. The summed E-state index contributed by atoms with van der Waals surface area (Å²) in [6.45, 7) is 3.96. The molecule has 0 heterocycles. The SMILES string of the molecule is CCCCCN(C)Cc1ccc([N+](=O)[O-])c(NN)c1. The van der Waals surface area contributed by atoms with Crippen molar-refractivity contribution in [3.05, 3.63) is 33.9 Å². The minimum atomic E-state index is -0.441. The molecule has 0 fully saturated rings. The van der Waals surface area contributed by atoms with Crippen LogP contribution in [0.4, 0.5) is 11.4 Å². The van der Waals surface area contributed by atoms with Crippen molar-refractivity contribution < 1.29 is 4.92 Å². The Kier molecular flexibility index (Phi) is 6.24. The lowest BCUT2D eigenvalue weighted by Gasteiger charge is -2.16. The average Bonchev–Trinajstić information content (AvgIpc) is 2.38. The van der Waals surface area contributed by atoms with E-state index < -0.39 is 4.92 Å². The second-order valence-electron chi connectivity index (χ2n) is 4.70. The third-order valence-electron chi connectivity index (χ3n) is 3.01. The lowest BCUT2D eigenvalue weighted by atomic mass is 10.1. The predicted molar refractivity (Wildman–Crippen MR) is 76.8 cm³/mol. The van der Waals surface area contributed by atoms with Gasteiger partial charge in [0.05, 0.1) is 4.92 Å². The van der Waals surface area contributed by atoms with Crippen LogP contribution in [0.3, 0.4) is 0 Å². The number of anilines is 1. The first-order valence-corrected chi connectivity index (χ1v) is 6.51. The zero-order chi connectivity index (χ0) is 14.3. The quantitative estimate of drug-likeness (QED) is 0.327. The maximum Gasteiger partial charge on any atom is 0.293 e. The highest BCUT2D eigenvalue weighted by molar-refractivity contribution is 5.62. The average molecular weight is 266 g/mol. The van der Waals surface area contributed by atoms with E-state index in [0.717, 1.165) is 18.7 Å². The number of nitrogens with zero attached hydrogens (tertiary/aromatic N) is 2. The summed E-state index contributed by atoms with van der Waals surface area (Å²) in [6.07, 6.45) is 3.59. The molecule has 19 heavy (non-hydrogen) atoms. The molecule has 0 spiro atoms. The van der Waals surface area contributed by atoms with E-state index in [9.17, 15) is 10.1 Å². The van der Waals surface area contributed by atoms with Crippen molar-refractivity contribution in [3.8, 4) is 0 Å². The van der Waals surface area contributed by atoms with Crippen LogP contribution in [0, 0.1) is 10.1 Å². The van der Waals surface area contributed by atoms with Crippen molar-refractivity contribution in [1.29, 1.82) is 0 Å². The van der Waals surface area contributed by atoms with Crippen LogP contribution in [0.1, 0.15) is 31.7 Å². The number of hydrogen-bond acceptors (Lipinski definition) is 5. The van der Waals surface area contributed by atoms with Gasteiger partial charge in [0, 0.05) is 12.6 Å². The topological polar surface area (TPSA) is 84.4 Å². The number of nitrogens with two attached hydrogens (primary N) is 1. The Labute approximate surface area is 113 Å². The van der Waals surface area contributed by atoms with Gasteiger partial charge in [-0.05, 0) is 31.6 Å². The number of hydrazine groups is 1. The maximum atomic E-state index is 10.8. The molecule has 0 radical (unpaired) electrons. The first kappa shape index (κ1) is 15.4. The van der Waals surface area contributed by atoms with Crippen molar-refractivity contribution >= 4 is 11.4 Å². The van der Waals surface area contributed by atoms with Gasteiger partial charge >= 0.3 is 0 Å². The Balaban J connectivity index is 2.66. The maximum absolute atomic E-state index is 10.8. The third kappa shape index (κ3) is 4.84. The zero-order valence-electron chi connectivity index (χ0n) is 11.6. The fourth-order valence-electron chi connectivity index (χ4n) is 1.98. The van der Waals surface area contributed by atoms with Crippen molar-refractivity contribution in [1.82, 2.24) is 4.90 Å². The number of nitrogen functional groups attached to an aromatic ring is 1. The first-order valence-electron chi connectivity index (χ1n) is 6.51. The summed E-state index contributed by atoms with van der Waals surface area (Å²) < 4.78 is 0. The van der Waals surface area contributed by atoms with Crippen LogP contribution in [0.25, 0.3) is 0 Å². The lowest BCUT2D eigenvalue weighted by Crippen LogP contribution is -2.19.